The lowest BCUT2D eigenvalue weighted by Gasteiger charge is -2.12. The fourth-order valence-corrected chi connectivity index (χ4v) is 2.16. The largest absolute Gasteiger partial charge is 0.497 e. The Morgan fingerprint density at radius 2 is 1.86 bits per heavy atom. The predicted octanol–water partition coefficient (Wildman–Crippen LogP) is 5.59. The van der Waals surface area contributed by atoms with Gasteiger partial charge in [-0.25, -0.2) is 4.85 Å². The first-order chi connectivity index (χ1) is 9.86. The summed E-state index contributed by atoms with van der Waals surface area (Å²) < 4.78 is 43.9. The van der Waals surface area contributed by atoms with Crippen molar-refractivity contribution in [2.45, 2.75) is 6.18 Å². The van der Waals surface area contributed by atoms with Gasteiger partial charge in [0.2, 0.25) is 0 Å². The molecule has 0 aromatic heterocycles. The van der Waals surface area contributed by atoms with Gasteiger partial charge in [-0.3, -0.25) is 0 Å². The molecule has 0 saturated heterocycles. The second kappa shape index (κ2) is 5.66. The van der Waals surface area contributed by atoms with E-state index in [1.54, 1.807) is 12.1 Å². The Labute approximate surface area is 124 Å². The molecular formula is C15H9ClF3NO. The van der Waals surface area contributed by atoms with Crippen LogP contribution in [0.25, 0.3) is 16.0 Å². The molecule has 0 saturated carbocycles. The molecule has 21 heavy (non-hydrogen) atoms. The van der Waals surface area contributed by atoms with E-state index in [0.717, 1.165) is 12.1 Å². The number of hydrogen-bond acceptors (Lipinski definition) is 1. The van der Waals surface area contributed by atoms with Crippen LogP contribution in [0, 0.1) is 6.57 Å². The van der Waals surface area contributed by atoms with Crippen LogP contribution in [0.15, 0.2) is 36.4 Å². The topological polar surface area (TPSA) is 13.6 Å². The SMILES string of the molecule is [C-]#[N+]c1ccc(-c2ccc(OC)cc2Cl)cc1C(F)(F)F. The zero-order valence-corrected chi connectivity index (χ0v) is 11.6. The highest BCUT2D eigenvalue weighted by Crippen LogP contribution is 2.40. The van der Waals surface area contributed by atoms with Crippen LogP contribution < -0.4 is 4.74 Å². The van der Waals surface area contributed by atoms with Crippen LogP contribution >= 0.6 is 11.6 Å². The molecule has 2 rings (SSSR count). The summed E-state index contributed by atoms with van der Waals surface area (Å²) >= 11 is 6.06. The first kappa shape index (κ1) is 15.2. The molecule has 0 amide bonds. The molecule has 0 N–H and O–H groups in total. The number of nitrogens with zero attached hydrogens (tertiary/aromatic N) is 1. The minimum Gasteiger partial charge on any atom is -0.497 e. The summed E-state index contributed by atoms with van der Waals surface area (Å²) in [6.45, 7) is 6.82. The minimum absolute atomic E-state index is 0.276. The van der Waals surface area contributed by atoms with E-state index in [4.69, 9.17) is 22.9 Å². The number of halogens is 4. The number of ether oxygens (including phenoxy) is 1. The number of hydrogen-bond donors (Lipinski definition) is 0. The summed E-state index contributed by atoms with van der Waals surface area (Å²) in [6.07, 6.45) is -4.59. The molecule has 2 aromatic rings. The summed E-state index contributed by atoms with van der Waals surface area (Å²) in [5.41, 5.74) is -0.667. The number of methoxy groups -OCH3 is 1. The smallest absolute Gasteiger partial charge is 0.407 e. The zero-order chi connectivity index (χ0) is 15.6. The molecule has 2 aromatic carbocycles. The van der Waals surface area contributed by atoms with Gasteiger partial charge in [0, 0.05) is 5.56 Å². The van der Waals surface area contributed by atoms with Crippen LogP contribution in [-0.4, -0.2) is 7.11 Å². The Kier molecular flexibility index (Phi) is 4.10. The molecule has 0 aliphatic carbocycles. The van der Waals surface area contributed by atoms with E-state index >= 15 is 0 Å². The van der Waals surface area contributed by atoms with Crippen molar-refractivity contribution in [2.75, 3.05) is 7.11 Å². The lowest BCUT2D eigenvalue weighted by Crippen LogP contribution is -2.05. The normalized spacial score (nSPS) is 11.0. The van der Waals surface area contributed by atoms with E-state index in [-0.39, 0.29) is 5.02 Å². The van der Waals surface area contributed by atoms with E-state index in [1.807, 2.05) is 0 Å². The highest BCUT2D eigenvalue weighted by Gasteiger charge is 2.33. The summed E-state index contributed by atoms with van der Waals surface area (Å²) in [5, 5.41) is 0.276. The van der Waals surface area contributed by atoms with Gasteiger partial charge in [-0.2, -0.15) is 13.2 Å². The molecule has 0 radical (unpaired) electrons. The van der Waals surface area contributed by atoms with Gasteiger partial charge in [-0.1, -0.05) is 29.8 Å². The maximum atomic E-state index is 13.0. The van der Waals surface area contributed by atoms with Gasteiger partial charge in [0.05, 0.1) is 24.3 Å². The van der Waals surface area contributed by atoms with Crippen molar-refractivity contribution in [1.29, 1.82) is 0 Å². The van der Waals surface area contributed by atoms with Crippen molar-refractivity contribution in [3.8, 4) is 16.9 Å². The van der Waals surface area contributed by atoms with Crippen molar-refractivity contribution in [1.82, 2.24) is 0 Å². The van der Waals surface area contributed by atoms with E-state index in [1.165, 1.54) is 19.2 Å². The maximum Gasteiger partial charge on any atom is 0.407 e. The Balaban J connectivity index is 2.59. The van der Waals surface area contributed by atoms with Gasteiger partial charge in [-0.15, -0.1) is 0 Å². The van der Waals surface area contributed by atoms with Gasteiger partial charge in [0.1, 0.15) is 5.75 Å². The molecular weight excluding hydrogens is 303 g/mol. The highest BCUT2D eigenvalue weighted by atomic mass is 35.5. The standard InChI is InChI=1S/C15H9ClF3NO/c1-20-14-6-3-9(7-12(14)15(17,18)19)11-5-4-10(21-2)8-13(11)16/h3-8H,2H3. The van der Waals surface area contributed by atoms with E-state index in [0.29, 0.717) is 16.9 Å². The van der Waals surface area contributed by atoms with Gasteiger partial charge in [0.25, 0.3) is 0 Å². The van der Waals surface area contributed by atoms with Crippen LogP contribution in [0.1, 0.15) is 5.56 Å². The summed E-state index contributed by atoms with van der Waals surface area (Å²) in [6, 6.07) is 8.22. The van der Waals surface area contributed by atoms with Gasteiger partial charge >= 0.3 is 6.18 Å². The fraction of sp³-hybridized carbons (Fsp3) is 0.133. The Morgan fingerprint density at radius 1 is 1.14 bits per heavy atom. The van der Waals surface area contributed by atoms with Gasteiger partial charge < -0.3 is 4.74 Å². The van der Waals surface area contributed by atoms with E-state index in [2.05, 4.69) is 4.85 Å². The average Bonchev–Trinajstić information content (AvgIpc) is 2.45. The molecule has 0 unspecified atom stereocenters. The Hall–Kier alpha value is -2.19. The van der Waals surface area contributed by atoms with E-state index in [9.17, 15) is 13.2 Å². The Bertz CT molecular complexity index is 720. The first-order valence-electron chi connectivity index (χ1n) is 5.79. The van der Waals surface area contributed by atoms with Crippen molar-refractivity contribution in [2.24, 2.45) is 0 Å². The number of alkyl halides is 3. The van der Waals surface area contributed by atoms with Crippen LogP contribution in [0.3, 0.4) is 0 Å². The monoisotopic (exact) mass is 311 g/mol. The van der Waals surface area contributed by atoms with Crippen molar-refractivity contribution >= 4 is 17.3 Å². The molecule has 0 bridgehead atoms. The van der Waals surface area contributed by atoms with Crippen LogP contribution in [0.2, 0.25) is 5.02 Å². The molecule has 0 atom stereocenters. The third-order valence-corrected chi connectivity index (χ3v) is 3.22. The summed E-state index contributed by atoms with van der Waals surface area (Å²) in [4.78, 5) is 2.90. The maximum absolute atomic E-state index is 13.0. The van der Waals surface area contributed by atoms with Crippen molar-refractivity contribution < 1.29 is 17.9 Å². The van der Waals surface area contributed by atoms with E-state index < -0.39 is 17.4 Å². The summed E-state index contributed by atoms with van der Waals surface area (Å²) in [7, 11) is 1.47. The zero-order valence-electron chi connectivity index (χ0n) is 10.8. The molecule has 0 aliphatic rings. The molecule has 2 nitrogen and oxygen atoms in total. The minimum atomic E-state index is -4.59. The first-order valence-corrected chi connectivity index (χ1v) is 6.17. The second-order valence-electron chi connectivity index (χ2n) is 4.19. The number of rotatable bonds is 2. The lowest BCUT2D eigenvalue weighted by molar-refractivity contribution is -0.136. The highest BCUT2D eigenvalue weighted by molar-refractivity contribution is 6.33. The molecule has 0 heterocycles. The fourth-order valence-electron chi connectivity index (χ4n) is 1.89. The Morgan fingerprint density at radius 3 is 2.38 bits per heavy atom. The predicted molar refractivity (Wildman–Crippen MR) is 74.7 cm³/mol. The van der Waals surface area contributed by atoms with Crippen molar-refractivity contribution in [3.63, 3.8) is 0 Å². The lowest BCUT2D eigenvalue weighted by atomic mass is 10.0. The van der Waals surface area contributed by atoms with Gasteiger partial charge in [0.15, 0.2) is 5.69 Å². The second-order valence-corrected chi connectivity index (χ2v) is 4.59. The van der Waals surface area contributed by atoms with Crippen LogP contribution in [0.4, 0.5) is 18.9 Å². The van der Waals surface area contributed by atoms with Crippen LogP contribution in [0.5, 0.6) is 5.75 Å². The molecule has 0 aliphatic heterocycles. The molecule has 6 heteroatoms. The molecule has 108 valence electrons. The van der Waals surface area contributed by atoms with Gasteiger partial charge in [-0.05, 0) is 23.8 Å². The third-order valence-electron chi connectivity index (χ3n) is 2.91. The van der Waals surface area contributed by atoms with Crippen molar-refractivity contribution in [3.05, 3.63) is 58.4 Å². The average molecular weight is 312 g/mol. The molecule has 0 spiro atoms. The number of benzene rings is 2. The third kappa shape index (κ3) is 3.11. The summed E-state index contributed by atoms with van der Waals surface area (Å²) in [5.74, 6) is 0.512. The quantitative estimate of drug-likeness (QED) is 0.660. The van der Waals surface area contributed by atoms with Crippen LogP contribution in [-0.2, 0) is 6.18 Å². The molecule has 0 fully saturated rings.